The maximum absolute atomic E-state index is 5.86. The molecule has 1 aliphatic heterocycles. The normalized spacial score (nSPS) is 24.9. The van der Waals surface area contributed by atoms with Crippen LogP contribution < -0.4 is 11.5 Å². The minimum atomic E-state index is -0.452. The fourth-order valence-electron chi connectivity index (χ4n) is 1.60. The van der Waals surface area contributed by atoms with Gasteiger partial charge in [-0.2, -0.15) is 0 Å². The summed E-state index contributed by atoms with van der Waals surface area (Å²) in [4.78, 5) is 0. The topological polar surface area (TPSA) is 70.5 Å². The molecule has 13 heavy (non-hydrogen) atoms. The SMILES string of the molecule is CCC1(CC)OCC(CN)(CN)O1. The Labute approximate surface area is 79.6 Å². The van der Waals surface area contributed by atoms with Gasteiger partial charge in [0.25, 0.3) is 0 Å². The lowest BCUT2D eigenvalue weighted by Gasteiger charge is -2.29. The molecule has 1 rings (SSSR count). The number of hydrogen-bond acceptors (Lipinski definition) is 4. The van der Waals surface area contributed by atoms with Crippen molar-refractivity contribution in [2.75, 3.05) is 19.7 Å². The van der Waals surface area contributed by atoms with Gasteiger partial charge in [-0.25, -0.2) is 0 Å². The van der Waals surface area contributed by atoms with Crippen LogP contribution in [0, 0.1) is 0 Å². The molecule has 0 bridgehead atoms. The summed E-state index contributed by atoms with van der Waals surface area (Å²) in [5.74, 6) is -0.446. The molecule has 0 atom stereocenters. The lowest BCUT2D eigenvalue weighted by atomic mass is 10.1. The highest BCUT2D eigenvalue weighted by atomic mass is 16.8. The van der Waals surface area contributed by atoms with Crippen molar-refractivity contribution in [1.29, 1.82) is 0 Å². The minimum absolute atomic E-state index is 0.422. The molecule has 0 radical (unpaired) electrons. The van der Waals surface area contributed by atoms with E-state index in [-0.39, 0.29) is 0 Å². The predicted octanol–water partition coefficient (Wildman–Crippen LogP) is 0.206. The summed E-state index contributed by atoms with van der Waals surface area (Å²) >= 11 is 0. The van der Waals surface area contributed by atoms with E-state index in [1.807, 2.05) is 13.8 Å². The molecule has 1 heterocycles. The lowest BCUT2D eigenvalue weighted by Crippen LogP contribution is -2.48. The monoisotopic (exact) mass is 188 g/mol. The Hall–Kier alpha value is -0.160. The van der Waals surface area contributed by atoms with E-state index in [0.29, 0.717) is 19.7 Å². The van der Waals surface area contributed by atoms with E-state index in [1.54, 1.807) is 0 Å². The molecule has 0 aromatic rings. The van der Waals surface area contributed by atoms with Crippen molar-refractivity contribution in [3.63, 3.8) is 0 Å². The zero-order valence-corrected chi connectivity index (χ0v) is 8.51. The van der Waals surface area contributed by atoms with Crippen LogP contribution in [0.1, 0.15) is 26.7 Å². The molecule has 0 amide bonds. The standard InChI is InChI=1S/C9H20N2O2/c1-3-9(4-2)12-7-8(5-10,6-11)13-9/h3-7,10-11H2,1-2H3. The third-order valence-electron chi connectivity index (χ3n) is 2.82. The molecule has 4 nitrogen and oxygen atoms in total. The maximum Gasteiger partial charge on any atom is 0.168 e. The van der Waals surface area contributed by atoms with Gasteiger partial charge in [0.15, 0.2) is 5.79 Å². The van der Waals surface area contributed by atoms with E-state index < -0.39 is 11.4 Å². The third-order valence-corrected chi connectivity index (χ3v) is 2.82. The van der Waals surface area contributed by atoms with Crippen molar-refractivity contribution in [2.45, 2.75) is 38.1 Å². The molecule has 0 saturated carbocycles. The zero-order chi connectivity index (χ0) is 9.95. The Kier molecular flexibility index (Phi) is 3.29. The molecule has 4 heteroatoms. The largest absolute Gasteiger partial charge is 0.347 e. The van der Waals surface area contributed by atoms with E-state index in [0.717, 1.165) is 12.8 Å². The Morgan fingerprint density at radius 1 is 1.15 bits per heavy atom. The van der Waals surface area contributed by atoms with Crippen LogP contribution >= 0.6 is 0 Å². The molecular weight excluding hydrogens is 168 g/mol. The molecule has 0 unspecified atom stereocenters. The van der Waals surface area contributed by atoms with Gasteiger partial charge in [-0.15, -0.1) is 0 Å². The predicted molar refractivity (Wildman–Crippen MR) is 51.2 cm³/mol. The van der Waals surface area contributed by atoms with Crippen molar-refractivity contribution in [1.82, 2.24) is 0 Å². The van der Waals surface area contributed by atoms with Gasteiger partial charge in [-0.05, 0) is 12.8 Å². The molecule has 0 aliphatic carbocycles. The summed E-state index contributed by atoms with van der Waals surface area (Å²) < 4.78 is 11.5. The first-order valence-corrected chi connectivity index (χ1v) is 4.90. The van der Waals surface area contributed by atoms with Gasteiger partial charge in [0, 0.05) is 13.1 Å². The van der Waals surface area contributed by atoms with Crippen LogP contribution in [0.3, 0.4) is 0 Å². The van der Waals surface area contributed by atoms with Gasteiger partial charge in [0.05, 0.1) is 6.61 Å². The molecule has 0 spiro atoms. The van der Waals surface area contributed by atoms with Gasteiger partial charge in [0.1, 0.15) is 5.60 Å². The first-order valence-electron chi connectivity index (χ1n) is 4.90. The fourth-order valence-corrected chi connectivity index (χ4v) is 1.60. The second-order valence-electron chi connectivity index (χ2n) is 3.60. The first-order chi connectivity index (χ1) is 6.16. The third kappa shape index (κ3) is 1.86. The van der Waals surface area contributed by atoms with Gasteiger partial charge >= 0.3 is 0 Å². The van der Waals surface area contributed by atoms with E-state index in [4.69, 9.17) is 20.9 Å². The Bertz CT molecular complexity index is 147. The van der Waals surface area contributed by atoms with Gasteiger partial charge in [-0.3, -0.25) is 0 Å². The minimum Gasteiger partial charge on any atom is -0.347 e. The summed E-state index contributed by atoms with van der Waals surface area (Å²) in [7, 11) is 0. The lowest BCUT2D eigenvalue weighted by molar-refractivity contribution is -0.187. The summed E-state index contributed by atoms with van der Waals surface area (Å²) in [6, 6.07) is 0. The second-order valence-corrected chi connectivity index (χ2v) is 3.60. The van der Waals surface area contributed by atoms with Gasteiger partial charge in [-0.1, -0.05) is 13.8 Å². The van der Waals surface area contributed by atoms with E-state index in [9.17, 15) is 0 Å². The molecule has 1 fully saturated rings. The summed E-state index contributed by atoms with van der Waals surface area (Å²) in [5.41, 5.74) is 10.8. The van der Waals surface area contributed by atoms with Gasteiger partial charge in [0.2, 0.25) is 0 Å². The van der Waals surface area contributed by atoms with E-state index in [1.165, 1.54) is 0 Å². The Morgan fingerprint density at radius 2 is 1.69 bits per heavy atom. The van der Waals surface area contributed by atoms with Crippen LogP contribution in [-0.2, 0) is 9.47 Å². The smallest absolute Gasteiger partial charge is 0.168 e. The zero-order valence-electron chi connectivity index (χ0n) is 8.51. The number of rotatable bonds is 4. The molecule has 1 saturated heterocycles. The van der Waals surface area contributed by atoms with Crippen molar-refractivity contribution in [3.05, 3.63) is 0 Å². The molecular formula is C9H20N2O2. The maximum atomic E-state index is 5.86. The van der Waals surface area contributed by atoms with E-state index >= 15 is 0 Å². The van der Waals surface area contributed by atoms with Crippen LogP contribution in [-0.4, -0.2) is 31.1 Å². The highest BCUT2D eigenvalue weighted by molar-refractivity contribution is 4.91. The molecule has 1 aliphatic rings. The number of nitrogens with two attached hydrogens (primary N) is 2. The first kappa shape index (κ1) is 10.9. The summed E-state index contributed by atoms with van der Waals surface area (Å²) in [6.45, 7) is 5.46. The van der Waals surface area contributed by atoms with Crippen molar-refractivity contribution in [2.24, 2.45) is 11.5 Å². The Balaban J connectivity index is 2.69. The van der Waals surface area contributed by atoms with E-state index in [2.05, 4.69) is 0 Å². The quantitative estimate of drug-likeness (QED) is 0.661. The van der Waals surface area contributed by atoms with Crippen molar-refractivity contribution in [3.8, 4) is 0 Å². The number of ether oxygens (including phenoxy) is 2. The Morgan fingerprint density at radius 3 is 1.92 bits per heavy atom. The van der Waals surface area contributed by atoms with Crippen LogP contribution in [0.5, 0.6) is 0 Å². The average Bonchev–Trinajstić information content (AvgIpc) is 2.59. The van der Waals surface area contributed by atoms with Crippen LogP contribution in [0.15, 0.2) is 0 Å². The average molecular weight is 188 g/mol. The molecule has 4 N–H and O–H groups in total. The second kappa shape index (κ2) is 3.92. The van der Waals surface area contributed by atoms with Crippen molar-refractivity contribution < 1.29 is 9.47 Å². The highest BCUT2D eigenvalue weighted by Gasteiger charge is 2.47. The highest BCUT2D eigenvalue weighted by Crippen LogP contribution is 2.35. The van der Waals surface area contributed by atoms with Crippen LogP contribution in [0.25, 0.3) is 0 Å². The number of hydrogen-bond donors (Lipinski definition) is 2. The molecule has 78 valence electrons. The molecule has 0 aromatic heterocycles. The fraction of sp³-hybridized carbons (Fsp3) is 1.00. The van der Waals surface area contributed by atoms with Crippen LogP contribution in [0.2, 0.25) is 0 Å². The molecule has 0 aromatic carbocycles. The van der Waals surface area contributed by atoms with Crippen LogP contribution in [0.4, 0.5) is 0 Å². The summed E-state index contributed by atoms with van der Waals surface area (Å²) in [5, 5.41) is 0. The van der Waals surface area contributed by atoms with Crippen molar-refractivity contribution >= 4 is 0 Å². The van der Waals surface area contributed by atoms with Gasteiger partial charge < -0.3 is 20.9 Å². The summed E-state index contributed by atoms with van der Waals surface area (Å²) in [6.07, 6.45) is 1.68.